The summed E-state index contributed by atoms with van der Waals surface area (Å²) in [4.78, 5) is 18.6. The molecule has 0 spiro atoms. The average Bonchev–Trinajstić information content (AvgIpc) is 3.29. The van der Waals surface area contributed by atoms with Gasteiger partial charge in [-0.25, -0.2) is 0 Å². The Morgan fingerprint density at radius 3 is 2.67 bits per heavy atom. The highest BCUT2D eigenvalue weighted by molar-refractivity contribution is 5.79. The molecule has 0 bridgehead atoms. The van der Waals surface area contributed by atoms with Crippen molar-refractivity contribution >= 4 is 5.91 Å². The van der Waals surface area contributed by atoms with Gasteiger partial charge in [-0.3, -0.25) is 4.79 Å². The average molecular weight is 373 g/mol. The largest absolute Gasteiger partial charge is 0.490 e. The Balaban J connectivity index is 1.61. The Bertz CT molecular complexity index is 774. The second-order valence-electron chi connectivity index (χ2n) is 6.54. The first-order valence-electron chi connectivity index (χ1n) is 9.63. The zero-order chi connectivity index (χ0) is 19.2. The summed E-state index contributed by atoms with van der Waals surface area (Å²) in [6.07, 6.45) is 1.92. The normalized spacial score (nSPS) is 16.8. The van der Waals surface area contributed by atoms with Crippen LogP contribution in [0, 0.1) is 0 Å². The fourth-order valence-corrected chi connectivity index (χ4v) is 3.25. The molecule has 2 aromatic rings. The predicted octanol–water partition coefficient (Wildman–Crippen LogP) is 2.99. The van der Waals surface area contributed by atoms with E-state index in [9.17, 15) is 4.79 Å². The third-order valence-corrected chi connectivity index (χ3v) is 4.64. The van der Waals surface area contributed by atoms with E-state index in [4.69, 9.17) is 14.0 Å². The minimum Gasteiger partial charge on any atom is -0.490 e. The molecule has 1 amide bonds. The number of aromatic nitrogens is 2. The lowest BCUT2D eigenvalue weighted by Crippen LogP contribution is -2.27. The van der Waals surface area contributed by atoms with Gasteiger partial charge in [0.1, 0.15) is 0 Å². The van der Waals surface area contributed by atoms with E-state index in [0.29, 0.717) is 44.4 Å². The van der Waals surface area contributed by atoms with Gasteiger partial charge in [-0.05, 0) is 38.0 Å². The number of hydrogen-bond acceptors (Lipinski definition) is 6. The molecule has 27 heavy (non-hydrogen) atoms. The third-order valence-electron chi connectivity index (χ3n) is 4.64. The molecule has 7 nitrogen and oxygen atoms in total. The Morgan fingerprint density at radius 2 is 1.96 bits per heavy atom. The topological polar surface area (TPSA) is 77.7 Å². The fraction of sp³-hybridized carbons (Fsp3) is 0.550. The highest BCUT2D eigenvalue weighted by Gasteiger charge is 2.33. The molecule has 7 heteroatoms. The molecule has 1 atom stereocenters. The summed E-state index contributed by atoms with van der Waals surface area (Å²) in [5.74, 6) is 2.89. The van der Waals surface area contributed by atoms with Crippen LogP contribution < -0.4 is 9.47 Å². The molecule has 1 saturated heterocycles. The molecule has 0 radical (unpaired) electrons. The van der Waals surface area contributed by atoms with Crippen molar-refractivity contribution in [3.8, 4) is 11.5 Å². The van der Waals surface area contributed by atoms with Gasteiger partial charge < -0.3 is 18.9 Å². The van der Waals surface area contributed by atoms with E-state index in [-0.39, 0.29) is 11.8 Å². The van der Waals surface area contributed by atoms with E-state index in [2.05, 4.69) is 10.1 Å². The molecule has 0 saturated carbocycles. The number of nitrogens with zero attached hydrogens (tertiary/aromatic N) is 3. The lowest BCUT2D eigenvalue weighted by molar-refractivity contribution is -0.127. The van der Waals surface area contributed by atoms with E-state index in [1.165, 1.54) is 0 Å². The number of amides is 1. The standard InChI is InChI=1S/C20H27N3O4/c1-4-18-21-20(27-22-18)15-12-19(24)23(13-15)10-9-14-7-8-16(25-5-2)17(11-14)26-6-3/h7-8,11,15H,4-6,9-10,12-13H2,1-3H3. The van der Waals surface area contributed by atoms with Crippen LogP contribution in [-0.2, 0) is 17.6 Å². The van der Waals surface area contributed by atoms with Gasteiger partial charge in [-0.15, -0.1) is 0 Å². The molecule has 1 aliphatic heterocycles. The van der Waals surface area contributed by atoms with Crippen molar-refractivity contribution in [2.75, 3.05) is 26.3 Å². The summed E-state index contributed by atoms with van der Waals surface area (Å²) in [5.41, 5.74) is 1.12. The van der Waals surface area contributed by atoms with Gasteiger partial charge in [0, 0.05) is 25.9 Å². The van der Waals surface area contributed by atoms with Crippen molar-refractivity contribution in [2.45, 2.75) is 46.0 Å². The monoisotopic (exact) mass is 373 g/mol. The first-order chi connectivity index (χ1) is 13.1. The van der Waals surface area contributed by atoms with Gasteiger partial charge in [0.15, 0.2) is 17.3 Å². The molecule has 146 valence electrons. The molecule has 1 aliphatic rings. The van der Waals surface area contributed by atoms with Crippen LogP contribution in [0.4, 0.5) is 0 Å². The van der Waals surface area contributed by atoms with Crippen molar-refractivity contribution in [2.24, 2.45) is 0 Å². The van der Waals surface area contributed by atoms with Crippen LogP contribution in [0.5, 0.6) is 11.5 Å². The molecule has 0 aliphatic carbocycles. The lowest BCUT2D eigenvalue weighted by Gasteiger charge is -2.17. The zero-order valence-corrected chi connectivity index (χ0v) is 16.2. The van der Waals surface area contributed by atoms with Crippen LogP contribution >= 0.6 is 0 Å². The lowest BCUT2D eigenvalue weighted by atomic mass is 10.1. The van der Waals surface area contributed by atoms with Gasteiger partial charge in [0.05, 0.1) is 19.1 Å². The molecule has 3 rings (SSSR count). The molecule has 1 aromatic carbocycles. The van der Waals surface area contributed by atoms with Crippen LogP contribution in [0.15, 0.2) is 22.7 Å². The highest BCUT2D eigenvalue weighted by Crippen LogP contribution is 2.30. The van der Waals surface area contributed by atoms with Crippen LogP contribution in [-0.4, -0.2) is 47.3 Å². The van der Waals surface area contributed by atoms with E-state index >= 15 is 0 Å². The van der Waals surface area contributed by atoms with Crippen molar-refractivity contribution in [3.05, 3.63) is 35.5 Å². The van der Waals surface area contributed by atoms with E-state index in [0.717, 1.165) is 29.9 Å². The number of ether oxygens (including phenoxy) is 2. The Hall–Kier alpha value is -2.57. The molecule has 1 unspecified atom stereocenters. The fourth-order valence-electron chi connectivity index (χ4n) is 3.25. The Morgan fingerprint density at radius 1 is 1.19 bits per heavy atom. The quantitative estimate of drug-likeness (QED) is 0.672. The summed E-state index contributed by atoms with van der Waals surface area (Å²) < 4.78 is 16.6. The summed E-state index contributed by atoms with van der Waals surface area (Å²) in [5, 5.41) is 3.93. The van der Waals surface area contributed by atoms with Crippen LogP contribution in [0.2, 0.25) is 0 Å². The van der Waals surface area contributed by atoms with Crippen LogP contribution in [0.1, 0.15) is 50.4 Å². The number of carbonyl (C=O) groups is 1. The van der Waals surface area contributed by atoms with Gasteiger partial charge in [-0.2, -0.15) is 4.98 Å². The van der Waals surface area contributed by atoms with Crippen molar-refractivity contribution in [3.63, 3.8) is 0 Å². The van der Waals surface area contributed by atoms with Crippen molar-refractivity contribution in [1.29, 1.82) is 0 Å². The number of carbonyl (C=O) groups excluding carboxylic acids is 1. The van der Waals surface area contributed by atoms with E-state index < -0.39 is 0 Å². The number of likely N-dealkylation sites (tertiary alicyclic amines) is 1. The number of aryl methyl sites for hydroxylation is 1. The van der Waals surface area contributed by atoms with Crippen LogP contribution in [0.3, 0.4) is 0 Å². The molecule has 1 aromatic heterocycles. The maximum atomic E-state index is 12.4. The Labute approximate surface area is 159 Å². The predicted molar refractivity (Wildman–Crippen MR) is 100 cm³/mol. The van der Waals surface area contributed by atoms with Crippen molar-refractivity contribution < 1.29 is 18.8 Å². The van der Waals surface area contributed by atoms with Gasteiger partial charge >= 0.3 is 0 Å². The number of rotatable bonds is 9. The molecule has 2 heterocycles. The minimum atomic E-state index is -0.00961. The molecular formula is C20H27N3O4. The van der Waals surface area contributed by atoms with Gasteiger partial charge in [-0.1, -0.05) is 18.1 Å². The highest BCUT2D eigenvalue weighted by atomic mass is 16.5. The SMILES string of the molecule is CCOc1ccc(CCN2CC(c3nc(CC)no3)CC2=O)cc1OCC. The number of hydrogen-bond donors (Lipinski definition) is 0. The third kappa shape index (κ3) is 4.59. The second kappa shape index (κ2) is 8.88. The number of benzene rings is 1. The van der Waals surface area contributed by atoms with Crippen LogP contribution in [0.25, 0.3) is 0 Å². The smallest absolute Gasteiger partial charge is 0.232 e. The first kappa shape index (κ1) is 19.2. The maximum absolute atomic E-state index is 12.4. The zero-order valence-electron chi connectivity index (χ0n) is 16.2. The Kier molecular flexibility index (Phi) is 6.32. The van der Waals surface area contributed by atoms with Gasteiger partial charge in [0.2, 0.25) is 11.8 Å². The first-order valence-corrected chi connectivity index (χ1v) is 9.63. The molecule has 0 N–H and O–H groups in total. The van der Waals surface area contributed by atoms with Crippen molar-refractivity contribution in [1.82, 2.24) is 15.0 Å². The minimum absolute atomic E-state index is 0.00961. The molecule has 1 fully saturated rings. The van der Waals surface area contributed by atoms with E-state index in [1.54, 1.807) is 0 Å². The molecular weight excluding hydrogens is 346 g/mol. The van der Waals surface area contributed by atoms with Gasteiger partial charge in [0.25, 0.3) is 0 Å². The second-order valence-corrected chi connectivity index (χ2v) is 6.54. The summed E-state index contributed by atoms with van der Waals surface area (Å²) in [6, 6.07) is 5.96. The summed E-state index contributed by atoms with van der Waals surface area (Å²) in [6.45, 7) is 8.34. The maximum Gasteiger partial charge on any atom is 0.232 e. The summed E-state index contributed by atoms with van der Waals surface area (Å²) in [7, 11) is 0. The van der Waals surface area contributed by atoms with E-state index in [1.807, 2.05) is 43.9 Å². The summed E-state index contributed by atoms with van der Waals surface area (Å²) >= 11 is 0.